The van der Waals surface area contributed by atoms with Crippen LogP contribution in [0.2, 0.25) is 5.02 Å². The molecule has 0 radical (unpaired) electrons. The second-order valence-corrected chi connectivity index (χ2v) is 8.93. The number of nitrogens with zero attached hydrogens (tertiary/aromatic N) is 2. The van der Waals surface area contributed by atoms with E-state index in [1.807, 2.05) is 10.6 Å². The van der Waals surface area contributed by atoms with Gasteiger partial charge in [-0.3, -0.25) is 14.8 Å². The SMILES string of the molecule is CCCCc1ncc(C(=O)N[C@@H](CC(=O)NO)Cc2cccc(Cl)c2)n1Cc1ccc(C(=O)O)cc1. The van der Waals surface area contributed by atoms with E-state index < -0.39 is 23.8 Å². The van der Waals surface area contributed by atoms with Crippen LogP contribution in [0, 0.1) is 0 Å². The lowest BCUT2D eigenvalue weighted by molar-refractivity contribution is -0.129. The van der Waals surface area contributed by atoms with Crippen LogP contribution >= 0.6 is 11.6 Å². The van der Waals surface area contributed by atoms with Crippen LogP contribution in [0.5, 0.6) is 0 Å². The van der Waals surface area contributed by atoms with Crippen molar-refractivity contribution in [2.24, 2.45) is 0 Å². The largest absolute Gasteiger partial charge is 0.478 e. The van der Waals surface area contributed by atoms with Crippen molar-refractivity contribution in [1.29, 1.82) is 0 Å². The first-order valence-corrected chi connectivity index (χ1v) is 12.0. The lowest BCUT2D eigenvalue weighted by Crippen LogP contribution is -2.41. The fourth-order valence-electron chi connectivity index (χ4n) is 3.89. The first-order valence-electron chi connectivity index (χ1n) is 11.7. The van der Waals surface area contributed by atoms with Gasteiger partial charge in [0.05, 0.1) is 11.8 Å². The molecule has 0 aliphatic heterocycles. The Balaban J connectivity index is 1.86. The topological polar surface area (TPSA) is 134 Å². The van der Waals surface area contributed by atoms with E-state index in [2.05, 4.69) is 17.2 Å². The van der Waals surface area contributed by atoms with Gasteiger partial charge in [0.2, 0.25) is 5.91 Å². The number of carboxylic acids is 1. The lowest BCUT2D eigenvalue weighted by Gasteiger charge is -2.19. The number of aromatic carboxylic acids is 1. The summed E-state index contributed by atoms with van der Waals surface area (Å²) in [6.07, 6.45) is 4.23. The summed E-state index contributed by atoms with van der Waals surface area (Å²) >= 11 is 6.08. The fraction of sp³-hybridized carbons (Fsp3) is 0.308. The zero-order valence-electron chi connectivity index (χ0n) is 19.9. The molecule has 0 fully saturated rings. The highest BCUT2D eigenvalue weighted by molar-refractivity contribution is 6.30. The summed E-state index contributed by atoms with van der Waals surface area (Å²) in [4.78, 5) is 40.9. The summed E-state index contributed by atoms with van der Waals surface area (Å²) in [5.41, 5.74) is 3.76. The average molecular weight is 513 g/mol. The first-order chi connectivity index (χ1) is 17.3. The molecule has 0 spiro atoms. The van der Waals surface area contributed by atoms with Gasteiger partial charge in [-0.15, -0.1) is 0 Å². The third-order valence-corrected chi connectivity index (χ3v) is 5.96. The molecule has 0 saturated heterocycles. The zero-order chi connectivity index (χ0) is 26.1. The van der Waals surface area contributed by atoms with Crippen LogP contribution < -0.4 is 10.8 Å². The number of hydrogen-bond acceptors (Lipinski definition) is 5. The van der Waals surface area contributed by atoms with Gasteiger partial charge in [-0.2, -0.15) is 0 Å². The number of imidazole rings is 1. The van der Waals surface area contributed by atoms with Crippen molar-refractivity contribution >= 4 is 29.4 Å². The van der Waals surface area contributed by atoms with Crippen molar-refractivity contribution in [3.8, 4) is 0 Å². The monoisotopic (exact) mass is 512 g/mol. The Morgan fingerprint density at radius 3 is 2.50 bits per heavy atom. The van der Waals surface area contributed by atoms with Crippen LogP contribution in [0.4, 0.5) is 0 Å². The molecule has 3 aromatic rings. The Labute approximate surface area is 214 Å². The summed E-state index contributed by atoms with van der Waals surface area (Å²) in [5, 5.41) is 21.6. The number of nitrogens with one attached hydrogen (secondary N) is 2. The molecule has 0 aliphatic carbocycles. The van der Waals surface area contributed by atoms with Gasteiger partial charge in [-0.05, 0) is 48.2 Å². The summed E-state index contributed by atoms with van der Waals surface area (Å²) in [6, 6.07) is 13.0. The van der Waals surface area contributed by atoms with Gasteiger partial charge in [0, 0.05) is 30.5 Å². The fourth-order valence-corrected chi connectivity index (χ4v) is 4.11. The summed E-state index contributed by atoms with van der Waals surface area (Å²) < 4.78 is 1.81. The standard InChI is InChI=1S/C26H29ClN4O5/c1-2-3-7-23-28-15-22(31(23)16-17-8-10-19(11-9-17)26(34)35)25(33)29-21(14-24(32)30-36)13-18-5-4-6-20(27)12-18/h4-6,8-12,15,21,36H,2-3,7,13-14,16H2,1H3,(H,29,33)(H,30,32)(H,34,35)/t21-/m1/s1. The Hall–Kier alpha value is -3.69. The van der Waals surface area contributed by atoms with E-state index in [0.29, 0.717) is 30.1 Å². The van der Waals surface area contributed by atoms with Gasteiger partial charge in [0.15, 0.2) is 0 Å². The Kier molecular flexibility index (Phi) is 9.61. The van der Waals surface area contributed by atoms with Crippen LogP contribution in [0.3, 0.4) is 0 Å². The van der Waals surface area contributed by atoms with Crippen molar-refractivity contribution in [2.45, 2.75) is 51.6 Å². The molecule has 0 bridgehead atoms. The highest BCUT2D eigenvalue weighted by Gasteiger charge is 2.22. The van der Waals surface area contributed by atoms with E-state index >= 15 is 0 Å². The molecule has 1 aromatic heterocycles. The second-order valence-electron chi connectivity index (χ2n) is 8.49. The maximum Gasteiger partial charge on any atom is 0.335 e. The van der Waals surface area contributed by atoms with Gasteiger partial charge in [0.1, 0.15) is 11.5 Å². The number of carbonyl (C=O) groups excluding carboxylic acids is 2. The minimum absolute atomic E-state index is 0.137. The van der Waals surface area contributed by atoms with Crippen LogP contribution in [0.1, 0.15) is 64.0 Å². The average Bonchev–Trinajstić information content (AvgIpc) is 3.25. The van der Waals surface area contributed by atoms with E-state index in [4.69, 9.17) is 21.9 Å². The molecule has 10 heteroatoms. The molecule has 9 nitrogen and oxygen atoms in total. The molecule has 0 aliphatic rings. The molecule has 4 N–H and O–H groups in total. The number of benzene rings is 2. The summed E-state index contributed by atoms with van der Waals surface area (Å²) in [5.74, 6) is -1.31. The zero-order valence-corrected chi connectivity index (χ0v) is 20.7. The first kappa shape index (κ1) is 26.9. The maximum atomic E-state index is 13.4. The quantitative estimate of drug-likeness (QED) is 0.215. The lowest BCUT2D eigenvalue weighted by atomic mass is 10.0. The van der Waals surface area contributed by atoms with E-state index in [-0.39, 0.29) is 12.0 Å². The Bertz CT molecular complexity index is 1210. The van der Waals surface area contributed by atoms with Crippen LogP contribution in [-0.4, -0.2) is 43.7 Å². The van der Waals surface area contributed by atoms with E-state index in [9.17, 15) is 14.4 Å². The molecule has 1 heterocycles. The second kappa shape index (κ2) is 12.9. The number of amides is 2. The molecule has 2 aromatic carbocycles. The van der Waals surface area contributed by atoms with Gasteiger partial charge >= 0.3 is 5.97 Å². The van der Waals surface area contributed by atoms with Gasteiger partial charge < -0.3 is 15.0 Å². The van der Waals surface area contributed by atoms with E-state index in [0.717, 1.165) is 29.8 Å². The number of rotatable bonds is 12. The molecule has 0 unspecified atom stereocenters. The van der Waals surface area contributed by atoms with Crippen molar-refractivity contribution in [3.05, 3.63) is 88.0 Å². The number of aromatic nitrogens is 2. The predicted molar refractivity (Wildman–Crippen MR) is 134 cm³/mol. The predicted octanol–water partition coefficient (Wildman–Crippen LogP) is 3.86. The third-order valence-electron chi connectivity index (χ3n) is 5.73. The van der Waals surface area contributed by atoms with E-state index in [1.165, 1.54) is 18.3 Å². The minimum Gasteiger partial charge on any atom is -0.478 e. The van der Waals surface area contributed by atoms with Crippen molar-refractivity contribution in [3.63, 3.8) is 0 Å². The highest BCUT2D eigenvalue weighted by atomic mass is 35.5. The molecule has 3 rings (SSSR count). The number of carbonyl (C=O) groups is 3. The highest BCUT2D eigenvalue weighted by Crippen LogP contribution is 2.16. The number of halogens is 1. The maximum absolute atomic E-state index is 13.4. The molecule has 190 valence electrons. The molecule has 36 heavy (non-hydrogen) atoms. The van der Waals surface area contributed by atoms with Crippen LogP contribution in [-0.2, 0) is 24.2 Å². The number of aryl methyl sites for hydroxylation is 1. The number of carboxylic acid groups (broad SMARTS) is 1. The Morgan fingerprint density at radius 2 is 1.86 bits per heavy atom. The minimum atomic E-state index is -1.01. The molecule has 2 amide bonds. The number of unbranched alkanes of at least 4 members (excludes halogenated alkanes) is 1. The van der Waals surface area contributed by atoms with Gasteiger partial charge in [0.25, 0.3) is 5.91 Å². The number of hydroxylamine groups is 1. The van der Waals surface area contributed by atoms with Crippen LogP contribution in [0.25, 0.3) is 0 Å². The van der Waals surface area contributed by atoms with E-state index in [1.54, 1.807) is 35.8 Å². The summed E-state index contributed by atoms with van der Waals surface area (Å²) in [6.45, 7) is 2.40. The Morgan fingerprint density at radius 1 is 1.11 bits per heavy atom. The van der Waals surface area contributed by atoms with Crippen molar-refractivity contribution in [2.75, 3.05) is 0 Å². The molecular weight excluding hydrogens is 484 g/mol. The normalized spacial score (nSPS) is 11.6. The van der Waals surface area contributed by atoms with Crippen LogP contribution in [0.15, 0.2) is 54.7 Å². The van der Waals surface area contributed by atoms with Crippen molar-refractivity contribution < 1.29 is 24.7 Å². The summed E-state index contributed by atoms with van der Waals surface area (Å²) in [7, 11) is 0. The molecular formula is C26H29ClN4O5. The van der Waals surface area contributed by atoms with Gasteiger partial charge in [-0.25, -0.2) is 15.3 Å². The smallest absolute Gasteiger partial charge is 0.335 e. The molecule has 1 atom stereocenters. The number of hydrogen-bond donors (Lipinski definition) is 4. The van der Waals surface area contributed by atoms with Crippen molar-refractivity contribution in [1.82, 2.24) is 20.3 Å². The molecule has 0 saturated carbocycles. The van der Waals surface area contributed by atoms with Gasteiger partial charge in [-0.1, -0.05) is 49.2 Å². The third kappa shape index (κ3) is 7.40.